The van der Waals surface area contributed by atoms with Gasteiger partial charge in [-0.1, -0.05) is 17.8 Å². The Labute approximate surface area is 144 Å². The summed E-state index contributed by atoms with van der Waals surface area (Å²) in [6.45, 7) is 1.90. The van der Waals surface area contributed by atoms with Crippen LogP contribution in [0.5, 0.6) is 0 Å². The Hall–Kier alpha value is -2.41. The number of carbonyl (C=O) groups excluding carboxylic acids is 2. The molecule has 2 aromatic rings. The molecule has 0 saturated heterocycles. The van der Waals surface area contributed by atoms with E-state index in [4.69, 9.17) is 0 Å². The maximum absolute atomic E-state index is 12.5. The van der Waals surface area contributed by atoms with Crippen LogP contribution in [0.1, 0.15) is 24.9 Å². The lowest BCUT2D eigenvalue weighted by Crippen LogP contribution is -2.41. The summed E-state index contributed by atoms with van der Waals surface area (Å²) in [5.74, 6) is -0.241. The Balaban J connectivity index is 1.66. The van der Waals surface area contributed by atoms with Crippen molar-refractivity contribution in [1.82, 2.24) is 15.3 Å². The van der Waals surface area contributed by atoms with Crippen LogP contribution in [0.4, 0.5) is 5.69 Å². The average molecular weight is 342 g/mol. The largest absolute Gasteiger partial charge is 0.349 e. The molecule has 0 bridgehead atoms. The van der Waals surface area contributed by atoms with E-state index in [1.165, 1.54) is 11.8 Å². The second kappa shape index (κ2) is 7.00. The normalized spacial score (nSPS) is 18.0. The number of hydrogen-bond donors (Lipinski definition) is 1. The first kappa shape index (κ1) is 16.4. The molecule has 0 spiro atoms. The van der Waals surface area contributed by atoms with E-state index >= 15 is 0 Å². The highest BCUT2D eigenvalue weighted by Crippen LogP contribution is 2.37. The Morgan fingerprint density at radius 1 is 1.38 bits per heavy atom. The smallest absolute Gasteiger partial charge is 0.240 e. The lowest BCUT2D eigenvalue weighted by Gasteiger charge is -2.29. The van der Waals surface area contributed by atoms with Crippen molar-refractivity contribution < 1.29 is 9.59 Å². The number of carbonyl (C=O) groups is 2. The number of amides is 2. The van der Waals surface area contributed by atoms with Crippen LogP contribution in [-0.2, 0) is 9.59 Å². The minimum Gasteiger partial charge on any atom is -0.349 e. The van der Waals surface area contributed by atoms with Crippen LogP contribution >= 0.6 is 11.8 Å². The van der Waals surface area contributed by atoms with Crippen molar-refractivity contribution >= 4 is 29.3 Å². The molecule has 2 aromatic heterocycles. The molecular weight excluding hydrogens is 324 g/mol. The minimum atomic E-state index is -0.460. The Morgan fingerprint density at radius 3 is 2.92 bits per heavy atom. The van der Waals surface area contributed by atoms with Gasteiger partial charge in [0.2, 0.25) is 11.8 Å². The molecule has 1 aliphatic heterocycles. The number of anilines is 1. The van der Waals surface area contributed by atoms with Crippen LogP contribution in [0.25, 0.3) is 0 Å². The van der Waals surface area contributed by atoms with Crippen molar-refractivity contribution in [2.45, 2.75) is 29.7 Å². The first-order valence-corrected chi connectivity index (χ1v) is 8.52. The van der Waals surface area contributed by atoms with Crippen molar-refractivity contribution in [3.63, 3.8) is 0 Å². The molecule has 24 heavy (non-hydrogen) atoms. The van der Waals surface area contributed by atoms with Gasteiger partial charge in [-0.25, -0.2) is 4.98 Å². The van der Waals surface area contributed by atoms with E-state index in [0.29, 0.717) is 0 Å². The second-order valence-corrected chi connectivity index (χ2v) is 6.80. The molecule has 0 aromatic carbocycles. The molecule has 0 saturated carbocycles. The lowest BCUT2D eigenvalue weighted by atomic mass is 10.1. The standard InChI is InChI=1S/C17H18N4O2S/c1-11(12-5-3-7-18-10-12)20-15(22)9-14-17(23)21(2)13-6-4-8-19-16(13)24-14/h3-8,10-11,14H,9H2,1-2H3,(H,20,22)/t11-,14+/m1/s1. The van der Waals surface area contributed by atoms with Gasteiger partial charge >= 0.3 is 0 Å². The van der Waals surface area contributed by atoms with Crippen molar-refractivity contribution in [2.24, 2.45) is 0 Å². The maximum Gasteiger partial charge on any atom is 0.240 e. The highest BCUT2D eigenvalue weighted by molar-refractivity contribution is 8.00. The number of rotatable bonds is 4. The monoisotopic (exact) mass is 342 g/mol. The number of aromatic nitrogens is 2. The van der Waals surface area contributed by atoms with Crippen molar-refractivity contribution in [1.29, 1.82) is 0 Å². The van der Waals surface area contributed by atoms with Gasteiger partial charge in [0.25, 0.3) is 0 Å². The number of hydrogen-bond acceptors (Lipinski definition) is 5. The van der Waals surface area contributed by atoms with Gasteiger partial charge in [-0.15, -0.1) is 0 Å². The molecule has 2 amide bonds. The molecule has 2 atom stereocenters. The van der Waals surface area contributed by atoms with E-state index in [1.807, 2.05) is 25.1 Å². The first-order chi connectivity index (χ1) is 11.6. The van der Waals surface area contributed by atoms with Gasteiger partial charge < -0.3 is 10.2 Å². The summed E-state index contributed by atoms with van der Waals surface area (Å²) in [7, 11) is 1.71. The van der Waals surface area contributed by atoms with Crippen molar-refractivity contribution in [3.8, 4) is 0 Å². The van der Waals surface area contributed by atoms with Crippen LogP contribution in [-0.4, -0.2) is 34.1 Å². The van der Waals surface area contributed by atoms with Gasteiger partial charge in [-0.3, -0.25) is 14.6 Å². The SMILES string of the molecule is C[C@@H](NC(=O)C[C@@H]1Sc2ncccc2N(C)C1=O)c1cccnc1. The predicted molar refractivity (Wildman–Crippen MR) is 92.7 cm³/mol. The molecule has 124 valence electrons. The summed E-state index contributed by atoms with van der Waals surface area (Å²) >= 11 is 1.34. The lowest BCUT2D eigenvalue weighted by molar-refractivity contribution is -0.125. The quantitative estimate of drug-likeness (QED) is 0.922. The molecule has 1 aliphatic rings. The molecule has 0 radical (unpaired) electrons. The molecular formula is C17H18N4O2S. The summed E-state index contributed by atoms with van der Waals surface area (Å²) < 4.78 is 0. The van der Waals surface area contributed by atoms with Crippen molar-refractivity contribution in [2.75, 3.05) is 11.9 Å². The van der Waals surface area contributed by atoms with Gasteiger partial charge in [0.05, 0.1) is 17.0 Å². The Morgan fingerprint density at radius 2 is 2.17 bits per heavy atom. The molecule has 7 heteroatoms. The molecule has 0 unspecified atom stereocenters. The molecule has 3 heterocycles. The van der Waals surface area contributed by atoms with Gasteiger partial charge in [0.1, 0.15) is 5.03 Å². The van der Waals surface area contributed by atoms with Crippen LogP contribution < -0.4 is 10.2 Å². The van der Waals surface area contributed by atoms with E-state index < -0.39 is 5.25 Å². The van der Waals surface area contributed by atoms with Crippen LogP contribution in [0.2, 0.25) is 0 Å². The van der Waals surface area contributed by atoms with Crippen molar-refractivity contribution in [3.05, 3.63) is 48.4 Å². The van der Waals surface area contributed by atoms with Crippen LogP contribution in [0, 0.1) is 0 Å². The second-order valence-electron chi connectivity index (χ2n) is 5.61. The molecule has 0 aliphatic carbocycles. The zero-order valence-electron chi connectivity index (χ0n) is 13.5. The Bertz CT molecular complexity index is 753. The molecule has 6 nitrogen and oxygen atoms in total. The fourth-order valence-electron chi connectivity index (χ4n) is 2.56. The molecule has 0 fully saturated rings. The molecule has 1 N–H and O–H groups in total. The minimum absolute atomic E-state index is 0.0790. The summed E-state index contributed by atoms with van der Waals surface area (Å²) in [6.07, 6.45) is 5.22. The average Bonchev–Trinajstić information content (AvgIpc) is 2.60. The van der Waals surface area contributed by atoms with E-state index in [1.54, 1.807) is 36.6 Å². The highest BCUT2D eigenvalue weighted by atomic mass is 32.2. The molecule has 3 rings (SSSR count). The third-order valence-corrected chi connectivity index (χ3v) is 5.10. The fourth-order valence-corrected chi connectivity index (χ4v) is 3.77. The number of thioether (sulfide) groups is 1. The number of fused-ring (bicyclic) bond motifs is 1. The highest BCUT2D eigenvalue weighted by Gasteiger charge is 2.33. The van der Waals surface area contributed by atoms with E-state index in [2.05, 4.69) is 15.3 Å². The predicted octanol–water partition coefficient (Wildman–Crippen LogP) is 2.18. The van der Waals surface area contributed by atoms with E-state index in [0.717, 1.165) is 16.3 Å². The maximum atomic E-state index is 12.5. The summed E-state index contributed by atoms with van der Waals surface area (Å²) in [6, 6.07) is 7.24. The van der Waals surface area contributed by atoms with E-state index in [9.17, 15) is 9.59 Å². The Kier molecular flexibility index (Phi) is 4.80. The topological polar surface area (TPSA) is 75.2 Å². The fraction of sp³-hybridized carbons (Fsp3) is 0.294. The van der Waals surface area contributed by atoms with Crippen LogP contribution in [0.15, 0.2) is 47.9 Å². The first-order valence-electron chi connectivity index (χ1n) is 7.65. The summed E-state index contributed by atoms with van der Waals surface area (Å²) in [5, 5.41) is 3.24. The van der Waals surface area contributed by atoms with Gasteiger partial charge in [0.15, 0.2) is 0 Å². The van der Waals surface area contributed by atoms with Gasteiger partial charge in [-0.2, -0.15) is 0 Å². The summed E-state index contributed by atoms with van der Waals surface area (Å²) in [5.41, 5.74) is 1.71. The third kappa shape index (κ3) is 3.41. The number of pyridine rings is 2. The zero-order chi connectivity index (χ0) is 17.1. The van der Waals surface area contributed by atoms with Gasteiger partial charge in [0, 0.05) is 32.1 Å². The number of nitrogens with one attached hydrogen (secondary N) is 1. The van der Waals surface area contributed by atoms with Gasteiger partial charge in [-0.05, 0) is 30.7 Å². The van der Waals surface area contributed by atoms with Crippen LogP contribution in [0.3, 0.4) is 0 Å². The zero-order valence-corrected chi connectivity index (χ0v) is 14.3. The number of nitrogens with zero attached hydrogens (tertiary/aromatic N) is 3. The third-order valence-electron chi connectivity index (χ3n) is 3.91. The summed E-state index contributed by atoms with van der Waals surface area (Å²) in [4.78, 5) is 34.7. The van der Waals surface area contributed by atoms with E-state index in [-0.39, 0.29) is 24.3 Å².